The molecule has 0 radical (unpaired) electrons. The Morgan fingerprint density at radius 1 is 1.48 bits per heavy atom. The summed E-state index contributed by atoms with van der Waals surface area (Å²) in [6, 6.07) is 4.51. The van der Waals surface area contributed by atoms with Crippen LogP contribution in [0.25, 0.3) is 0 Å². The summed E-state index contributed by atoms with van der Waals surface area (Å²) in [6.45, 7) is 0. The molecular weight excluding hydrogens is 294 g/mol. The van der Waals surface area contributed by atoms with Crippen LogP contribution in [0.15, 0.2) is 18.2 Å². The summed E-state index contributed by atoms with van der Waals surface area (Å²) in [5.41, 5.74) is -0.608. The van der Waals surface area contributed by atoms with E-state index in [-0.39, 0.29) is 23.0 Å². The van der Waals surface area contributed by atoms with Crippen molar-refractivity contribution >= 4 is 23.3 Å². The van der Waals surface area contributed by atoms with Gasteiger partial charge in [-0.15, -0.1) is 0 Å². The summed E-state index contributed by atoms with van der Waals surface area (Å²) in [4.78, 5) is 22.6. The summed E-state index contributed by atoms with van der Waals surface area (Å²) in [6.07, 6.45) is 3.65. The van der Waals surface area contributed by atoms with Gasteiger partial charge in [-0.3, -0.25) is 14.9 Å². The fourth-order valence-corrected chi connectivity index (χ4v) is 4.44. The number of benzene rings is 1. The van der Waals surface area contributed by atoms with Gasteiger partial charge in [0, 0.05) is 11.6 Å². The maximum Gasteiger partial charge on any atom is 0.310 e. The average molecular weight is 310 g/mol. The van der Waals surface area contributed by atoms with Gasteiger partial charge in [0.2, 0.25) is 0 Å². The van der Waals surface area contributed by atoms with Gasteiger partial charge in [0.05, 0.1) is 15.4 Å². The SMILES string of the molecule is O=C(O)C1(Cc2c(Cl)cccc2[N+](=O)[O-])CC2CCC1C2. The average Bonchev–Trinajstić information content (AvgIpc) is 3.01. The fourth-order valence-electron chi connectivity index (χ4n) is 4.21. The predicted molar refractivity (Wildman–Crippen MR) is 77.3 cm³/mol. The first kappa shape index (κ1) is 14.3. The van der Waals surface area contributed by atoms with E-state index in [1.165, 1.54) is 12.1 Å². The number of carboxylic acid groups (broad SMARTS) is 1. The number of fused-ring (bicyclic) bond motifs is 2. The van der Waals surface area contributed by atoms with Crippen molar-refractivity contribution in [3.05, 3.63) is 38.9 Å². The highest BCUT2D eigenvalue weighted by Gasteiger charge is 2.56. The second-order valence-corrected chi connectivity index (χ2v) is 6.62. The molecule has 21 heavy (non-hydrogen) atoms. The maximum atomic E-state index is 11.9. The third-order valence-corrected chi connectivity index (χ3v) is 5.54. The molecule has 3 unspecified atom stereocenters. The zero-order valence-electron chi connectivity index (χ0n) is 11.4. The Balaban J connectivity index is 2.02. The summed E-state index contributed by atoms with van der Waals surface area (Å²) in [5.74, 6) is -0.299. The van der Waals surface area contributed by atoms with Crippen LogP contribution in [0.2, 0.25) is 5.02 Å². The standard InChI is InChI=1S/C15H16ClNO4/c16-12-2-1-3-13(17(20)21)11(12)8-15(14(18)19)7-9-4-5-10(15)6-9/h1-3,9-10H,4-8H2,(H,18,19). The highest BCUT2D eigenvalue weighted by atomic mass is 35.5. The predicted octanol–water partition coefficient (Wildman–Crippen LogP) is 3.68. The molecule has 0 aliphatic heterocycles. The third-order valence-electron chi connectivity index (χ3n) is 5.18. The minimum absolute atomic E-state index is 0.0779. The molecule has 2 aliphatic carbocycles. The van der Waals surface area contributed by atoms with Gasteiger partial charge in [-0.2, -0.15) is 0 Å². The van der Waals surface area contributed by atoms with Crippen molar-refractivity contribution in [3.8, 4) is 0 Å². The van der Waals surface area contributed by atoms with Gasteiger partial charge in [0.15, 0.2) is 0 Å². The Morgan fingerprint density at radius 2 is 2.24 bits per heavy atom. The molecule has 0 aromatic heterocycles. The van der Waals surface area contributed by atoms with Crippen LogP contribution >= 0.6 is 11.6 Å². The van der Waals surface area contributed by atoms with Crippen LogP contribution in [0.1, 0.15) is 31.2 Å². The van der Waals surface area contributed by atoms with E-state index in [2.05, 4.69) is 0 Å². The second kappa shape index (κ2) is 4.98. The molecule has 2 saturated carbocycles. The highest BCUT2D eigenvalue weighted by Crippen LogP contribution is 2.58. The number of hydrogen-bond donors (Lipinski definition) is 1. The molecule has 2 bridgehead atoms. The number of carboxylic acids is 1. The first-order valence-corrected chi connectivity index (χ1v) is 7.47. The number of halogens is 1. The van der Waals surface area contributed by atoms with Gasteiger partial charge < -0.3 is 5.11 Å². The van der Waals surface area contributed by atoms with Crippen LogP contribution in [0.5, 0.6) is 0 Å². The summed E-state index contributed by atoms with van der Waals surface area (Å²) in [7, 11) is 0. The van der Waals surface area contributed by atoms with E-state index in [0.29, 0.717) is 17.9 Å². The van der Waals surface area contributed by atoms with Gasteiger partial charge in [0.1, 0.15) is 0 Å². The van der Waals surface area contributed by atoms with Crippen molar-refractivity contribution in [1.29, 1.82) is 0 Å². The Hall–Kier alpha value is -1.62. The molecule has 1 N–H and O–H groups in total. The van der Waals surface area contributed by atoms with E-state index in [0.717, 1.165) is 19.3 Å². The fraction of sp³-hybridized carbons (Fsp3) is 0.533. The number of carbonyl (C=O) groups is 1. The lowest BCUT2D eigenvalue weighted by Gasteiger charge is -2.33. The number of aliphatic carboxylic acids is 1. The minimum Gasteiger partial charge on any atom is -0.481 e. The molecular formula is C15H16ClNO4. The molecule has 1 aromatic rings. The molecule has 0 spiro atoms. The van der Waals surface area contributed by atoms with Crippen molar-refractivity contribution in [3.63, 3.8) is 0 Å². The zero-order valence-corrected chi connectivity index (χ0v) is 12.2. The minimum atomic E-state index is -0.890. The van der Waals surface area contributed by atoms with Crippen LogP contribution in [0, 0.1) is 27.4 Å². The molecule has 1 aromatic carbocycles. The summed E-state index contributed by atoms with van der Waals surface area (Å²) < 4.78 is 0. The summed E-state index contributed by atoms with van der Waals surface area (Å²) in [5, 5.41) is 21.2. The Kier molecular flexibility index (Phi) is 3.40. The van der Waals surface area contributed by atoms with E-state index >= 15 is 0 Å². The van der Waals surface area contributed by atoms with Crippen molar-refractivity contribution in [2.24, 2.45) is 17.3 Å². The number of nitro benzene ring substituents is 1. The van der Waals surface area contributed by atoms with E-state index in [9.17, 15) is 20.0 Å². The van der Waals surface area contributed by atoms with Gasteiger partial charge in [-0.25, -0.2) is 0 Å². The van der Waals surface area contributed by atoms with E-state index in [1.807, 2.05) is 0 Å². The van der Waals surface area contributed by atoms with Gasteiger partial charge in [-0.1, -0.05) is 24.1 Å². The van der Waals surface area contributed by atoms with Crippen LogP contribution in [0.3, 0.4) is 0 Å². The van der Waals surface area contributed by atoms with Gasteiger partial charge in [0.25, 0.3) is 5.69 Å². The largest absolute Gasteiger partial charge is 0.481 e. The number of nitrogens with zero attached hydrogens (tertiary/aromatic N) is 1. The number of nitro groups is 1. The number of hydrogen-bond acceptors (Lipinski definition) is 3. The highest BCUT2D eigenvalue weighted by molar-refractivity contribution is 6.31. The molecule has 112 valence electrons. The Bertz CT molecular complexity index is 618. The summed E-state index contributed by atoms with van der Waals surface area (Å²) >= 11 is 6.12. The smallest absolute Gasteiger partial charge is 0.310 e. The lowest BCUT2D eigenvalue weighted by molar-refractivity contribution is -0.385. The monoisotopic (exact) mass is 309 g/mol. The molecule has 2 fully saturated rings. The molecule has 0 heterocycles. The Labute approximate surface area is 127 Å². The van der Waals surface area contributed by atoms with Crippen LogP contribution in [-0.2, 0) is 11.2 Å². The molecule has 0 amide bonds. The first-order valence-electron chi connectivity index (χ1n) is 7.09. The van der Waals surface area contributed by atoms with Gasteiger partial charge >= 0.3 is 5.97 Å². The van der Waals surface area contributed by atoms with Crippen molar-refractivity contribution in [2.75, 3.05) is 0 Å². The molecule has 3 rings (SSSR count). The Morgan fingerprint density at radius 3 is 2.76 bits per heavy atom. The third kappa shape index (κ3) is 2.20. The van der Waals surface area contributed by atoms with Crippen molar-refractivity contribution in [1.82, 2.24) is 0 Å². The normalized spacial score (nSPS) is 30.5. The molecule has 5 nitrogen and oxygen atoms in total. The molecule has 6 heteroatoms. The molecule has 0 saturated heterocycles. The van der Waals surface area contributed by atoms with E-state index in [1.54, 1.807) is 6.07 Å². The van der Waals surface area contributed by atoms with Crippen LogP contribution in [-0.4, -0.2) is 16.0 Å². The zero-order chi connectivity index (χ0) is 15.2. The second-order valence-electron chi connectivity index (χ2n) is 6.21. The van der Waals surface area contributed by atoms with E-state index < -0.39 is 16.3 Å². The molecule has 3 atom stereocenters. The molecule has 2 aliphatic rings. The lowest BCUT2D eigenvalue weighted by atomic mass is 9.69. The van der Waals surface area contributed by atoms with Crippen molar-refractivity contribution in [2.45, 2.75) is 32.1 Å². The van der Waals surface area contributed by atoms with Crippen LogP contribution < -0.4 is 0 Å². The first-order chi connectivity index (χ1) is 9.94. The van der Waals surface area contributed by atoms with Crippen LogP contribution in [0.4, 0.5) is 5.69 Å². The maximum absolute atomic E-state index is 11.9. The number of rotatable bonds is 4. The topological polar surface area (TPSA) is 80.4 Å². The quantitative estimate of drug-likeness (QED) is 0.679. The van der Waals surface area contributed by atoms with E-state index in [4.69, 9.17) is 11.6 Å². The van der Waals surface area contributed by atoms with Crippen molar-refractivity contribution < 1.29 is 14.8 Å². The van der Waals surface area contributed by atoms with Gasteiger partial charge in [-0.05, 0) is 43.6 Å². The lowest BCUT2D eigenvalue weighted by Crippen LogP contribution is -2.38.